The van der Waals surface area contributed by atoms with E-state index in [0.717, 1.165) is 10.5 Å². The van der Waals surface area contributed by atoms with Gasteiger partial charge in [-0.15, -0.1) is 11.8 Å². The molecule has 0 unspecified atom stereocenters. The molecule has 0 aliphatic rings. The smallest absolute Gasteiger partial charge is 0.317 e. The number of rotatable bonds is 6. The number of nitrogens with one attached hydrogen (secondary N) is 1. The lowest BCUT2D eigenvalue weighted by Gasteiger charge is -2.14. The molecule has 7 heteroatoms. The van der Waals surface area contributed by atoms with Crippen LogP contribution in [-0.4, -0.2) is 23.7 Å². The SMILES string of the molecule is Cc1ccccc1SCC(=O)O[C@H](C)C(=O)Nc1cc(Cl)cc(Cl)c1. The highest BCUT2D eigenvalue weighted by molar-refractivity contribution is 8.00. The molecule has 2 aromatic carbocycles. The second kappa shape index (κ2) is 9.13. The van der Waals surface area contributed by atoms with Crippen LogP contribution in [0.3, 0.4) is 0 Å². The van der Waals surface area contributed by atoms with Crippen LogP contribution in [0, 0.1) is 6.92 Å². The molecule has 0 heterocycles. The predicted octanol–water partition coefficient (Wildman–Crippen LogP) is 4.96. The van der Waals surface area contributed by atoms with Gasteiger partial charge in [-0.1, -0.05) is 41.4 Å². The van der Waals surface area contributed by atoms with E-state index in [0.29, 0.717) is 15.7 Å². The average Bonchev–Trinajstić information content (AvgIpc) is 2.53. The summed E-state index contributed by atoms with van der Waals surface area (Å²) < 4.78 is 5.17. The zero-order valence-corrected chi connectivity index (χ0v) is 16.0. The summed E-state index contributed by atoms with van der Waals surface area (Å²) in [4.78, 5) is 25.1. The number of hydrogen-bond acceptors (Lipinski definition) is 4. The van der Waals surface area contributed by atoms with E-state index in [1.54, 1.807) is 18.2 Å². The number of thioether (sulfide) groups is 1. The monoisotopic (exact) mass is 397 g/mol. The van der Waals surface area contributed by atoms with Crippen LogP contribution < -0.4 is 5.32 Å². The number of benzene rings is 2. The molecule has 4 nitrogen and oxygen atoms in total. The van der Waals surface area contributed by atoms with Crippen LogP contribution in [0.5, 0.6) is 0 Å². The Morgan fingerprint density at radius 3 is 2.44 bits per heavy atom. The molecule has 0 spiro atoms. The van der Waals surface area contributed by atoms with E-state index in [9.17, 15) is 9.59 Å². The molecule has 132 valence electrons. The van der Waals surface area contributed by atoms with Gasteiger partial charge in [-0.3, -0.25) is 9.59 Å². The molecule has 1 N–H and O–H groups in total. The first-order valence-corrected chi connectivity index (χ1v) is 9.24. The maximum Gasteiger partial charge on any atom is 0.317 e. The first-order chi connectivity index (χ1) is 11.8. The lowest BCUT2D eigenvalue weighted by molar-refractivity contribution is -0.150. The Bertz CT molecular complexity index is 762. The molecule has 0 aliphatic heterocycles. The number of anilines is 1. The third kappa shape index (κ3) is 6.27. The number of amides is 1. The van der Waals surface area contributed by atoms with Crippen molar-refractivity contribution >= 4 is 52.5 Å². The third-order valence-electron chi connectivity index (χ3n) is 3.25. The summed E-state index contributed by atoms with van der Waals surface area (Å²) in [5.41, 5.74) is 1.53. The molecule has 0 saturated heterocycles. The van der Waals surface area contributed by atoms with Gasteiger partial charge in [0.05, 0.1) is 5.75 Å². The molecule has 2 aromatic rings. The Balaban J connectivity index is 1.85. The highest BCUT2D eigenvalue weighted by Crippen LogP contribution is 2.23. The number of carbonyl (C=O) groups excluding carboxylic acids is 2. The van der Waals surface area contributed by atoms with Crippen LogP contribution in [-0.2, 0) is 14.3 Å². The van der Waals surface area contributed by atoms with E-state index in [1.807, 2.05) is 31.2 Å². The number of hydrogen-bond donors (Lipinski definition) is 1. The van der Waals surface area contributed by atoms with Crippen molar-refractivity contribution in [2.75, 3.05) is 11.1 Å². The lowest BCUT2D eigenvalue weighted by atomic mass is 10.2. The standard InChI is InChI=1S/C18H17Cl2NO3S/c1-11-5-3-4-6-16(11)25-10-17(22)24-12(2)18(23)21-15-8-13(19)7-14(20)9-15/h3-9,12H,10H2,1-2H3,(H,21,23)/t12-/m1/s1. The molecular formula is C18H17Cl2NO3S. The fraction of sp³-hybridized carbons (Fsp3) is 0.222. The fourth-order valence-corrected chi connectivity index (χ4v) is 3.35. The number of halogens is 2. The van der Waals surface area contributed by atoms with Crippen molar-refractivity contribution in [3.63, 3.8) is 0 Å². The molecule has 2 rings (SSSR count). The van der Waals surface area contributed by atoms with Crippen molar-refractivity contribution in [1.29, 1.82) is 0 Å². The van der Waals surface area contributed by atoms with Crippen LogP contribution >= 0.6 is 35.0 Å². The normalized spacial score (nSPS) is 11.7. The van der Waals surface area contributed by atoms with Gasteiger partial charge in [0.15, 0.2) is 6.10 Å². The number of ether oxygens (including phenoxy) is 1. The summed E-state index contributed by atoms with van der Waals surface area (Å²) in [5.74, 6) is -0.779. The summed E-state index contributed by atoms with van der Waals surface area (Å²) in [7, 11) is 0. The second-order valence-electron chi connectivity index (χ2n) is 5.33. The van der Waals surface area contributed by atoms with Gasteiger partial charge in [0, 0.05) is 20.6 Å². The highest BCUT2D eigenvalue weighted by atomic mass is 35.5. The molecule has 0 aliphatic carbocycles. The van der Waals surface area contributed by atoms with Gasteiger partial charge >= 0.3 is 5.97 Å². The van der Waals surface area contributed by atoms with Crippen LogP contribution in [0.25, 0.3) is 0 Å². The summed E-state index contributed by atoms with van der Waals surface area (Å²) in [6, 6.07) is 12.4. The van der Waals surface area contributed by atoms with Crippen LogP contribution in [0.2, 0.25) is 10.0 Å². The zero-order chi connectivity index (χ0) is 18.4. The van der Waals surface area contributed by atoms with E-state index in [4.69, 9.17) is 27.9 Å². The van der Waals surface area contributed by atoms with Crippen LogP contribution in [0.1, 0.15) is 12.5 Å². The van der Waals surface area contributed by atoms with E-state index in [2.05, 4.69) is 5.32 Å². The highest BCUT2D eigenvalue weighted by Gasteiger charge is 2.18. The Kier molecular flexibility index (Phi) is 7.17. The van der Waals surface area contributed by atoms with Crippen molar-refractivity contribution in [3.05, 3.63) is 58.1 Å². The minimum atomic E-state index is -0.928. The van der Waals surface area contributed by atoms with Gasteiger partial charge in [0.2, 0.25) is 0 Å². The molecule has 0 aromatic heterocycles. The Morgan fingerprint density at radius 1 is 1.16 bits per heavy atom. The quantitative estimate of drug-likeness (QED) is 0.552. The molecule has 0 saturated carbocycles. The number of carbonyl (C=O) groups is 2. The molecule has 0 radical (unpaired) electrons. The van der Waals surface area contributed by atoms with Crippen molar-refractivity contribution < 1.29 is 14.3 Å². The summed E-state index contributed by atoms with van der Waals surface area (Å²) in [5, 5.41) is 3.43. The zero-order valence-electron chi connectivity index (χ0n) is 13.7. The van der Waals surface area contributed by atoms with Gasteiger partial charge < -0.3 is 10.1 Å². The van der Waals surface area contributed by atoms with Crippen molar-refractivity contribution in [3.8, 4) is 0 Å². The Labute approximate surface area is 160 Å². The predicted molar refractivity (Wildman–Crippen MR) is 103 cm³/mol. The van der Waals surface area contributed by atoms with Gasteiger partial charge in [0.1, 0.15) is 0 Å². The Morgan fingerprint density at radius 2 is 1.80 bits per heavy atom. The van der Waals surface area contributed by atoms with E-state index >= 15 is 0 Å². The third-order valence-corrected chi connectivity index (χ3v) is 4.83. The first-order valence-electron chi connectivity index (χ1n) is 7.50. The maximum absolute atomic E-state index is 12.1. The van der Waals surface area contributed by atoms with Crippen LogP contribution in [0.4, 0.5) is 5.69 Å². The first kappa shape index (κ1) is 19.6. The minimum Gasteiger partial charge on any atom is -0.452 e. The van der Waals surface area contributed by atoms with Crippen molar-refractivity contribution in [2.45, 2.75) is 24.8 Å². The summed E-state index contributed by atoms with van der Waals surface area (Å²) in [6.07, 6.45) is -0.928. The summed E-state index contributed by atoms with van der Waals surface area (Å²) in [6.45, 7) is 3.48. The molecule has 25 heavy (non-hydrogen) atoms. The lowest BCUT2D eigenvalue weighted by Crippen LogP contribution is -2.30. The summed E-state index contributed by atoms with van der Waals surface area (Å²) >= 11 is 13.1. The van der Waals surface area contributed by atoms with E-state index in [1.165, 1.54) is 18.7 Å². The van der Waals surface area contributed by atoms with Crippen LogP contribution in [0.15, 0.2) is 47.4 Å². The Hall–Kier alpha value is -1.69. The maximum atomic E-state index is 12.1. The second-order valence-corrected chi connectivity index (χ2v) is 7.22. The van der Waals surface area contributed by atoms with Gasteiger partial charge in [0.25, 0.3) is 5.91 Å². The van der Waals surface area contributed by atoms with E-state index < -0.39 is 18.0 Å². The van der Waals surface area contributed by atoms with Gasteiger partial charge in [-0.25, -0.2) is 0 Å². The molecule has 1 amide bonds. The average molecular weight is 398 g/mol. The molecule has 1 atom stereocenters. The molecule has 0 fully saturated rings. The number of esters is 1. The molecule has 0 bridgehead atoms. The van der Waals surface area contributed by atoms with Crippen molar-refractivity contribution in [1.82, 2.24) is 0 Å². The van der Waals surface area contributed by atoms with Crippen molar-refractivity contribution in [2.24, 2.45) is 0 Å². The van der Waals surface area contributed by atoms with E-state index in [-0.39, 0.29) is 5.75 Å². The minimum absolute atomic E-state index is 0.130. The largest absolute Gasteiger partial charge is 0.452 e. The fourth-order valence-electron chi connectivity index (χ4n) is 2.01. The van der Waals surface area contributed by atoms with Gasteiger partial charge in [-0.2, -0.15) is 0 Å². The number of aryl methyl sites for hydroxylation is 1. The topological polar surface area (TPSA) is 55.4 Å². The molecular weight excluding hydrogens is 381 g/mol. The van der Waals surface area contributed by atoms with Gasteiger partial charge in [-0.05, 0) is 43.7 Å².